The molecule has 1 aromatic carbocycles. The number of nitrogens with one attached hydrogen (secondary N) is 2. The molecule has 1 aromatic heterocycles. The Labute approximate surface area is 138 Å². The molecule has 2 N–H and O–H groups in total. The minimum absolute atomic E-state index is 0.0780. The van der Waals surface area contributed by atoms with Crippen LogP contribution in [-0.2, 0) is 0 Å². The van der Waals surface area contributed by atoms with Gasteiger partial charge in [0.1, 0.15) is 11.6 Å². The van der Waals surface area contributed by atoms with E-state index >= 15 is 0 Å². The van der Waals surface area contributed by atoms with Crippen LogP contribution in [0.25, 0.3) is 0 Å². The summed E-state index contributed by atoms with van der Waals surface area (Å²) in [4.78, 5) is 16.3. The van der Waals surface area contributed by atoms with E-state index in [1.54, 1.807) is 7.05 Å². The Bertz CT molecular complexity index is 689. The molecular formula is C13H9BrCl2FN3O. The van der Waals surface area contributed by atoms with Gasteiger partial charge in [0.05, 0.1) is 21.3 Å². The first-order chi connectivity index (χ1) is 9.92. The molecule has 0 aliphatic rings. The average molecular weight is 393 g/mol. The van der Waals surface area contributed by atoms with Crippen LogP contribution in [0.3, 0.4) is 0 Å². The number of carbonyl (C=O) groups excluding carboxylic acids is 1. The molecule has 21 heavy (non-hydrogen) atoms. The number of hydrogen-bond acceptors (Lipinski definition) is 3. The van der Waals surface area contributed by atoms with E-state index in [9.17, 15) is 9.18 Å². The monoisotopic (exact) mass is 391 g/mol. The van der Waals surface area contributed by atoms with E-state index in [1.807, 2.05) is 0 Å². The molecule has 2 rings (SSSR count). The summed E-state index contributed by atoms with van der Waals surface area (Å²) in [5, 5.41) is 5.67. The van der Waals surface area contributed by atoms with Crippen molar-refractivity contribution in [2.45, 2.75) is 0 Å². The number of benzene rings is 1. The van der Waals surface area contributed by atoms with Crippen molar-refractivity contribution in [1.82, 2.24) is 4.98 Å². The molecule has 0 aliphatic carbocycles. The maximum absolute atomic E-state index is 13.2. The summed E-state index contributed by atoms with van der Waals surface area (Å²) in [5.74, 6) is -0.494. The third kappa shape index (κ3) is 3.64. The third-order valence-electron chi connectivity index (χ3n) is 2.60. The first kappa shape index (κ1) is 16.0. The van der Waals surface area contributed by atoms with Gasteiger partial charge in [-0.3, -0.25) is 4.79 Å². The summed E-state index contributed by atoms with van der Waals surface area (Å²) in [6.45, 7) is 0. The van der Waals surface area contributed by atoms with Crippen LogP contribution in [0.5, 0.6) is 0 Å². The molecule has 0 saturated carbocycles. The Morgan fingerprint density at radius 1 is 1.29 bits per heavy atom. The smallest absolute Gasteiger partial charge is 0.257 e. The van der Waals surface area contributed by atoms with Gasteiger partial charge in [-0.1, -0.05) is 23.2 Å². The summed E-state index contributed by atoms with van der Waals surface area (Å²) in [6.07, 6.45) is 1.36. The standard InChI is InChI=1S/C13H9BrCl2FN3O/c1-18-11-4-7(10(16)5-19-11)13(21)20-12-8(14)2-6(17)3-9(12)15/h2-5H,1H3,(H,18,19)(H,20,21). The number of amides is 1. The van der Waals surface area contributed by atoms with Crippen molar-refractivity contribution >= 4 is 56.5 Å². The Morgan fingerprint density at radius 2 is 2.00 bits per heavy atom. The molecule has 0 atom stereocenters. The molecule has 0 fully saturated rings. The van der Waals surface area contributed by atoms with Crippen LogP contribution in [0.1, 0.15) is 10.4 Å². The highest BCUT2D eigenvalue weighted by Gasteiger charge is 2.16. The minimum atomic E-state index is -0.510. The van der Waals surface area contributed by atoms with Crippen molar-refractivity contribution in [2.75, 3.05) is 17.7 Å². The van der Waals surface area contributed by atoms with Gasteiger partial charge in [0, 0.05) is 17.7 Å². The van der Waals surface area contributed by atoms with Crippen LogP contribution < -0.4 is 10.6 Å². The molecule has 0 aliphatic heterocycles. The lowest BCUT2D eigenvalue weighted by molar-refractivity contribution is 0.102. The highest BCUT2D eigenvalue weighted by atomic mass is 79.9. The van der Waals surface area contributed by atoms with Gasteiger partial charge >= 0.3 is 0 Å². The van der Waals surface area contributed by atoms with Crippen LogP contribution in [0, 0.1) is 5.82 Å². The first-order valence-electron chi connectivity index (χ1n) is 5.71. The molecular weight excluding hydrogens is 384 g/mol. The molecule has 0 unspecified atom stereocenters. The van der Waals surface area contributed by atoms with Gasteiger partial charge < -0.3 is 10.6 Å². The number of aromatic nitrogens is 1. The van der Waals surface area contributed by atoms with Gasteiger partial charge in [0.25, 0.3) is 5.91 Å². The summed E-state index contributed by atoms with van der Waals surface area (Å²) in [5.41, 5.74) is 0.491. The topological polar surface area (TPSA) is 54.0 Å². The van der Waals surface area contributed by atoms with Gasteiger partial charge in [-0.2, -0.15) is 0 Å². The van der Waals surface area contributed by atoms with Crippen LogP contribution in [-0.4, -0.2) is 17.9 Å². The molecule has 0 bridgehead atoms. The molecule has 110 valence electrons. The summed E-state index contributed by atoms with van der Waals surface area (Å²) >= 11 is 15.0. The molecule has 2 aromatic rings. The number of hydrogen-bond donors (Lipinski definition) is 2. The van der Waals surface area contributed by atoms with Gasteiger partial charge in [-0.15, -0.1) is 0 Å². The molecule has 8 heteroatoms. The molecule has 0 radical (unpaired) electrons. The zero-order valence-electron chi connectivity index (χ0n) is 10.7. The fourth-order valence-corrected chi connectivity index (χ4v) is 2.68. The Hall–Kier alpha value is -1.37. The number of rotatable bonds is 3. The molecule has 0 spiro atoms. The number of carbonyl (C=O) groups is 1. The van der Waals surface area contributed by atoms with E-state index in [4.69, 9.17) is 23.2 Å². The quantitative estimate of drug-likeness (QED) is 0.803. The number of nitrogens with zero attached hydrogens (tertiary/aromatic N) is 1. The van der Waals surface area contributed by atoms with E-state index in [1.165, 1.54) is 18.3 Å². The average Bonchev–Trinajstić information content (AvgIpc) is 2.43. The minimum Gasteiger partial charge on any atom is -0.373 e. The van der Waals surface area contributed by atoms with Crippen LogP contribution in [0.2, 0.25) is 10.0 Å². The van der Waals surface area contributed by atoms with Crippen LogP contribution >= 0.6 is 39.1 Å². The third-order valence-corrected chi connectivity index (χ3v) is 3.83. The van der Waals surface area contributed by atoms with Crippen LogP contribution in [0.4, 0.5) is 15.9 Å². The number of anilines is 2. The fourth-order valence-electron chi connectivity index (χ4n) is 1.59. The highest BCUT2D eigenvalue weighted by molar-refractivity contribution is 9.10. The van der Waals surface area contributed by atoms with Crippen molar-refractivity contribution < 1.29 is 9.18 Å². The number of pyridine rings is 1. The predicted octanol–water partition coefficient (Wildman–Crippen LogP) is 4.58. The van der Waals surface area contributed by atoms with Crippen molar-refractivity contribution in [2.24, 2.45) is 0 Å². The Morgan fingerprint density at radius 3 is 2.62 bits per heavy atom. The predicted molar refractivity (Wildman–Crippen MR) is 85.9 cm³/mol. The molecule has 4 nitrogen and oxygen atoms in total. The Kier molecular flexibility index (Phi) is 5.03. The van der Waals surface area contributed by atoms with Gasteiger partial charge in [0.2, 0.25) is 0 Å². The lowest BCUT2D eigenvalue weighted by Crippen LogP contribution is -2.14. The second-order valence-electron chi connectivity index (χ2n) is 4.00. The highest BCUT2D eigenvalue weighted by Crippen LogP contribution is 2.32. The zero-order valence-corrected chi connectivity index (χ0v) is 13.8. The van der Waals surface area contributed by atoms with Crippen molar-refractivity contribution in [3.8, 4) is 0 Å². The van der Waals surface area contributed by atoms with Gasteiger partial charge in [-0.05, 0) is 34.1 Å². The fraction of sp³-hybridized carbons (Fsp3) is 0.0769. The van der Waals surface area contributed by atoms with Crippen molar-refractivity contribution in [3.63, 3.8) is 0 Å². The summed E-state index contributed by atoms with van der Waals surface area (Å²) in [7, 11) is 1.67. The SMILES string of the molecule is CNc1cc(C(=O)Nc2c(Cl)cc(F)cc2Br)c(Cl)cn1. The van der Waals surface area contributed by atoms with Crippen molar-refractivity contribution in [3.05, 3.63) is 50.3 Å². The molecule has 1 heterocycles. The molecule has 1 amide bonds. The van der Waals surface area contributed by atoms with E-state index in [0.717, 1.165) is 6.07 Å². The Balaban J connectivity index is 2.35. The zero-order chi connectivity index (χ0) is 15.6. The van der Waals surface area contributed by atoms with Gasteiger partial charge in [-0.25, -0.2) is 9.37 Å². The van der Waals surface area contributed by atoms with E-state index in [-0.39, 0.29) is 21.3 Å². The van der Waals surface area contributed by atoms with E-state index in [2.05, 4.69) is 31.5 Å². The van der Waals surface area contributed by atoms with Crippen LogP contribution in [0.15, 0.2) is 28.9 Å². The largest absolute Gasteiger partial charge is 0.373 e. The molecule has 0 saturated heterocycles. The van der Waals surface area contributed by atoms with E-state index < -0.39 is 11.7 Å². The number of halogens is 4. The first-order valence-corrected chi connectivity index (χ1v) is 7.26. The summed E-state index contributed by atoms with van der Waals surface area (Å²) in [6, 6.07) is 3.81. The lowest BCUT2D eigenvalue weighted by Gasteiger charge is -2.11. The van der Waals surface area contributed by atoms with Crippen molar-refractivity contribution in [1.29, 1.82) is 0 Å². The maximum Gasteiger partial charge on any atom is 0.257 e. The normalized spacial score (nSPS) is 10.3. The second kappa shape index (κ2) is 6.60. The maximum atomic E-state index is 13.2. The van der Waals surface area contributed by atoms with Gasteiger partial charge in [0.15, 0.2) is 0 Å². The van der Waals surface area contributed by atoms with E-state index in [0.29, 0.717) is 10.3 Å². The second-order valence-corrected chi connectivity index (χ2v) is 5.67. The summed E-state index contributed by atoms with van der Waals surface area (Å²) < 4.78 is 13.5. The lowest BCUT2D eigenvalue weighted by atomic mass is 10.2.